The standard InChI is InChI=1S/C25H25F3N4O4.C21H17F3N4O4/c1-24(2,3)36-21-10-5-15(25(26,27)28)13-19(21)32-23(34)31-16-6-8-17(9-7-16)35-18-11-12-30-20(14-18)22(33)29-4;1-25-19(30)17-11-15(8-9-26-17)32-14-5-3-13(4-6-14)27-20(31)28-16-10-12(21(22,23)24)2-7-18(16)29/h5-14H,1-4H3,(H,29,33)(H2,31,32,34);2-11,29H,1H3,(H,25,30)(H2,27,28,31). The van der Waals surface area contributed by atoms with Gasteiger partial charge in [0.05, 0.1) is 22.5 Å². The van der Waals surface area contributed by atoms with Crippen molar-refractivity contribution in [1.29, 1.82) is 0 Å². The number of nitrogens with one attached hydrogen (secondary N) is 6. The number of phenolic OH excluding ortho intramolecular Hbond substituents is 1. The normalized spacial score (nSPS) is 11.2. The van der Waals surface area contributed by atoms with Gasteiger partial charge in [-0.1, -0.05) is 0 Å². The summed E-state index contributed by atoms with van der Waals surface area (Å²) in [5, 5.41) is 24.2. The lowest BCUT2D eigenvalue weighted by atomic mass is 10.1. The number of ether oxygens (including phenoxy) is 3. The number of halogens is 6. The maximum absolute atomic E-state index is 13.2. The van der Waals surface area contributed by atoms with Gasteiger partial charge in [0, 0.05) is 50.0 Å². The van der Waals surface area contributed by atoms with E-state index in [4.69, 9.17) is 14.2 Å². The number of urea groups is 2. The van der Waals surface area contributed by atoms with Crippen LogP contribution in [0.25, 0.3) is 0 Å². The molecule has 0 bridgehead atoms. The Balaban J connectivity index is 0.000000256. The number of carbonyl (C=O) groups excluding carboxylic acids is 4. The van der Waals surface area contributed by atoms with Gasteiger partial charge in [-0.2, -0.15) is 26.3 Å². The molecular formula is C46H42F6N8O8. The molecule has 2 heterocycles. The third-order valence-corrected chi connectivity index (χ3v) is 8.62. The van der Waals surface area contributed by atoms with Crippen LogP contribution < -0.4 is 46.1 Å². The summed E-state index contributed by atoms with van der Waals surface area (Å²) < 4.78 is 95.1. The summed E-state index contributed by atoms with van der Waals surface area (Å²) >= 11 is 0. The second kappa shape index (κ2) is 21.6. The van der Waals surface area contributed by atoms with Gasteiger partial charge in [-0.25, -0.2) is 9.59 Å². The fourth-order valence-corrected chi connectivity index (χ4v) is 5.54. The lowest BCUT2D eigenvalue weighted by molar-refractivity contribution is -0.138. The third-order valence-electron chi connectivity index (χ3n) is 8.62. The highest BCUT2D eigenvalue weighted by molar-refractivity contribution is 6.01. The van der Waals surface area contributed by atoms with E-state index in [1.807, 2.05) is 0 Å². The molecule has 0 saturated heterocycles. The van der Waals surface area contributed by atoms with Crippen LogP contribution in [-0.2, 0) is 12.4 Å². The number of benzene rings is 4. The number of anilines is 4. The van der Waals surface area contributed by atoms with Crippen LogP contribution in [0.15, 0.2) is 122 Å². The average Bonchev–Trinajstić information content (AvgIpc) is 3.27. The highest BCUT2D eigenvalue weighted by atomic mass is 19.4. The summed E-state index contributed by atoms with van der Waals surface area (Å²) in [4.78, 5) is 55.9. The molecule has 0 spiro atoms. The van der Waals surface area contributed by atoms with Gasteiger partial charge in [0.25, 0.3) is 11.8 Å². The van der Waals surface area contributed by atoms with Crippen LogP contribution in [0.5, 0.6) is 34.5 Å². The molecule has 6 aromatic rings. The zero-order valence-corrected chi connectivity index (χ0v) is 36.5. The Hall–Kier alpha value is -8.56. The summed E-state index contributed by atoms with van der Waals surface area (Å²) in [5.41, 5.74) is -2.08. The predicted octanol–water partition coefficient (Wildman–Crippen LogP) is 10.7. The second-order valence-electron chi connectivity index (χ2n) is 15.0. The first-order valence-electron chi connectivity index (χ1n) is 19.9. The molecule has 0 aliphatic rings. The SMILES string of the molecule is CNC(=O)c1cc(Oc2ccc(NC(=O)Nc3cc(C(F)(F)F)ccc3O)cc2)ccn1.CNC(=O)c1cc(Oc2ccc(NC(=O)Nc3cc(C(F)(F)F)ccc3OC(C)(C)C)cc2)ccn1. The number of aromatic nitrogens is 2. The first kappa shape index (κ1) is 50.4. The molecule has 2 aromatic heterocycles. The molecule has 4 aromatic carbocycles. The molecule has 0 aliphatic carbocycles. The second-order valence-corrected chi connectivity index (χ2v) is 15.0. The van der Waals surface area contributed by atoms with Crippen LogP contribution in [0.2, 0.25) is 0 Å². The van der Waals surface area contributed by atoms with Gasteiger partial charge in [0.2, 0.25) is 0 Å². The van der Waals surface area contributed by atoms with E-state index in [1.165, 1.54) is 69.0 Å². The molecule has 16 nitrogen and oxygen atoms in total. The van der Waals surface area contributed by atoms with Crippen molar-refractivity contribution in [2.45, 2.75) is 38.7 Å². The molecule has 6 amide bonds. The summed E-state index contributed by atoms with van der Waals surface area (Å²) in [6, 6.07) is 21.9. The summed E-state index contributed by atoms with van der Waals surface area (Å²) in [6.45, 7) is 5.22. The molecule has 0 radical (unpaired) electrons. The fraction of sp³-hybridized carbons (Fsp3) is 0.174. The van der Waals surface area contributed by atoms with Crippen LogP contribution >= 0.6 is 0 Å². The van der Waals surface area contributed by atoms with Gasteiger partial charge >= 0.3 is 24.4 Å². The lowest BCUT2D eigenvalue weighted by Crippen LogP contribution is -2.25. The van der Waals surface area contributed by atoms with Crippen LogP contribution in [0.3, 0.4) is 0 Å². The van der Waals surface area contributed by atoms with E-state index in [0.29, 0.717) is 46.5 Å². The minimum absolute atomic E-state index is 0.0999. The molecule has 7 N–H and O–H groups in total. The number of alkyl halides is 6. The highest BCUT2D eigenvalue weighted by Crippen LogP contribution is 2.37. The molecule has 0 fully saturated rings. The van der Waals surface area contributed by atoms with E-state index in [-0.39, 0.29) is 40.3 Å². The molecule has 6 rings (SSSR count). The number of pyridine rings is 2. The fourth-order valence-electron chi connectivity index (χ4n) is 5.54. The Morgan fingerprint density at radius 1 is 0.515 bits per heavy atom. The molecular weight excluding hydrogens is 907 g/mol. The van der Waals surface area contributed by atoms with E-state index in [2.05, 4.69) is 41.9 Å². The molecule has 0 atom stereocenters. The van der Waals surface area contributed by atoms with Gasteiger partial charge in [-0.15, -0.1) is 0 Å². The maximum Gasteiger partial charge on any atom is 0.416 e. The first-order chi connectivity index (χ1) is 32.0. The Morgan fingerprint density at radius 2 is 0.926 bits per heavy atom. The molecule has 68 heavy (non-hydrogen) atoms. The van der Waals surface area contributed by atoms with Gasteiger partial charge in [0.15, 0.2) is 0 Å². The Kier molecular flexibility index (Phi) is 16.0. The summed E-state index contributed by atoms with van der Waals surface area (Å²) in [7, 11) is 2.97. The van der Waals surface area contributed by atoms with Crippen molar-refractivity contribution in [1.82, 2.24) is 20.6 Å². The topological polar surface area (TPSA) is 214 Å². The predicted molar refractivity (Wildman–Crippen MR) is 239 cm³/mol. The largest absolute Gasteiger partial charge is 0.506 e. The molecule has 0 aliphatic heterocycles. The quantitative estimate of drug-likeness (QED) is 0.0482. The number of phenols is 1. The van der Waals surface area contributed by atoms with Crippen molar-refractivity contribution >= 4 is 46.6 Å². The van der Waals surface area contributed by atoms with Crippen molar-refractivity contribution in [3.8, 4) is 34.5 Å². The van der Waals surface area contributed by atoms with Crippen LogP contribution in [0.4, 0.5) is 58.7 Å². The summed E-state index contributed by atoms with van der Waals surface area (Å²) in [5.74, 6) is 0.452. The zero-order chi connectivity index (χ0) is 49.8. The van der Waals surface area contributed by atoms with Crippen molar-refractivity contribution in [3.63, 3.8) is 0 Å². The van der Waals surface area contributed by atoms with E-state index < -0.39 is 46.9 Å². The van der Waals surface area contributed by atoms with Crippen LogP contribution in [0, 0.1) is 0 Å². The molecule has 22 heteroatoms. The monoisotopic (exact) mass is 948 g/mol. The first-order valence-corrected chi connectivity index (χ1v) is 19.9. The minimum Gasteiger partial charge on any atom is -0.506 e. The Morgan fingerprint density at radius 3 is 1.34 bits per heavy atom. The molecule has 356 valence electrons. The number of aromatic hydroxyl groups is 1. The zero-order valence-electron chi connectivity index (χ0n) is 36.5. The van der Waals surface area contributed by atoms with Gasteiger partial charge in [0.1, 0.15) is 51.5 Å². The van der Waals surface area contributed by atoms with Crippen molar-refractivity contribution in [2.24, 2.45) is 0 Å². The van der Waals surface area contributed by atoms with E-state index in [9.17, 15) is 50.6 Å². The van der Waals surface area contributed by atoms with Gasteiger partial charge in [-0.3, -0.25) is 19.6 Å². The number of nitrogens with zero attached hydrogens (tertiary/aromatic N) is 2. The smallest absolute Gasteiger partial charge is 0.416 e. The average molecular weight is 949 g/mol. The Bertz CT molecular complexity index is 2750. The molecule has 0 unspecified atom stereocenters. The van der Waals surface area contributed by atoms with Crippen LogP contribution in [-0.4, -0.2) is 58.6 Å². The third kappa shape index (κ3) is 15.0. The number of rotatable bonds is 11. The van der Waals surface area contributed by atoms with Crippen LogP contribution in [0.1, 0.15) is 52.9 Å². The highest BCUT2D eigenvalue weighted by Gasteiger charge is 2.33. The van der Waals surface area contributed by atoms with Gasteiger partial charge in [-0.05, 0) is 118 Å². The number of amides is 6. The van der Waals surface area contributed by atoms with E-state index >= 15 is 0 Å². The van der Waals surface area contributed by atoms with Gasteiger partial charge < -0.3 is 51.2 Å². The minimum atomic E-state index is -4.62. The van der Waals surface area contributed by atoms with E-state index in [0.717, 1.165) is 18.2 Å². The van der Waals surface area contributed by atoms with Crippen molar-refractivity contribution in [3.05, 3.63) is 144 Å². The summed E-state index contributed by atoms with van der Waals surface area (Å²) in [6.07, 6.45) is -6.35. The number of hydrogen-bond acceptors (Lipinski definition) is 10. The Labute approximate surface area is 384 Å². The van der Waals surface area contributed by atoms with E-state index in [1.54, 1.807) is 57.2 Å². The van der Waals surface area contributed by atoms with Crippen molar-refractivity contribution in [2.75, 3.05) is 35.4 Å². The molecule has 0 saturated carbocycles. The lowest BCUT2D eigenvalue weighted by Gasteiger charge is -2.24. The van der Waals surface area contributed by atoms with Crippen molar-refractivity contribution < 1.29 is 64.8 Å². The number of carbonyl (C=O) groups is 4. The number of hydrogen-bond donors (Lipinski definition) is 7. The maximum atomic E-state index is 13.2.